The Labute approximate surface area is 162 Å². The van der Waals surface area contributed by atoms with Crippen LogP contribution in [0, 0.1) is 10.1 Å². The van der Waals surface area contributed by atoms with Gasteiger partial charge < -0.3 is 19.7 Å². The van der Waals surface area contributed by atoms with Crippen molar-refractivity contribution in [2.75, 3.05) is 33.1 Å². The maximum atomic E-state index is 11.9. The summed E-state index contributed by atoms with van der Waals surface area (Å²) in [5.41, 5.74) is 1.11. The van der Waals surface area contributed by atoms with Crippen molar-refractivity contribution in [2.24, 2.45) is 0 Å². The molecule has 9 nitrogen and oxygen atoms in total. The fourth-order valence-corrected chi connectivity index (χ4v) is 2.30. The summed E-state index contributed by atoms with van der Waals surface area (Å²) < 4.78 is 10.2. The second kappa shape index (κ2) is 9.36. The Balaban J connectivity index is 2.11. The zero-order chi connectivity index (χ0) is 20.7. The first-order valence-corrected chi connectivity index (χ1v) is 8.34. The van der Waals surface area contributed by atoms with Gasteiger partial charge in [-0.15, -0.1) is 0 Å². The molecule has 0 saturated heterocycles. The van der Waals surface area contributed by atoms with E-state index in [4.69, 9.17) is 9.47 Å². The SMILES string of the molecule is COC(=O)c1cc([N+](=O)[O-])ccc1NCc1cccc(OCC(=O)N(C)C)c1. The molecule has 0 unspecified atom stereocenters. The van der Waals surface area contributed by atoms with Gasteiger partial charge in [0.15, 0.2) is 6.61 Å². The first-order chi connectivity index (χ1) is 13.3. The summed E-state index contributed by atoms with van der Waals surface area (Å²) >= 11 is 0. The molecule has 28 heavy (non-hydrogen) atoms. The number of benzene rings is 2. The Morgan fingerprint density at radius 3 is 2.57 bits per heavy atom. The van der Waals surface area contributed by atoms with Crippen LogP contribution in [-0.2, 0) is 16.1 Å². The van der Waals surface area contributed by atoms with Crippen molar-refractivity contribution in [1.82, 2.24) is 4.90 Å². The minimum Gasteiger partial charge on any atom is -0.484 e. The number of hydrogen-bond acceptors (Lipinski definition) is 7. The van der Waals surface area contributed by atoms with E-state index < -0.39 is 10.9 Å². The molecule has 0 aliphatic heterocycles. The highest BCUT2D eigenvalue weighted by Crippen LogP contribution is 2.24. The van der Waals surface area contributed by atoms with Crippen LogP contribution in [0.2, 0.25) is 0 Å². The predicted octanol–water partition coefficient (Wildman–Crippen LogP) is 2.46. The summed E-state index contributed by atoms with van der Waals surface area (Å²) in [6.45, 7) is 0.263. The maximum Gasteiger partial charge on any atom is 0.340 e. The van der Waals surface area contributed by atoms with Gasteiger partial charge in [0.25, 0.3) is 11.6 Å². The molecule has 0 spiro atoms. The molecule has 2 rings (SSSR count). The van der Waals surface area contributed by atoms with Gasteiger partial charge in [-0.2, -0.15) is 0 Å². The number of amides is 1. The third-order valence-corrected chi connectivity index (χ3v) is 3.86. The molecule has 2 aromatic rings. The lowest BCUT2D eigenvalue weighted by Crippen LogP contribution is -2.27. The van der Waals surface area contributed by atoms with Crippen LogP contribution in [0.3, 0.4) is 0 Å². The van der Waals surface area contributed by atoms with E-state index in [0.29, 0.717) is 18.0 Å². The van der Waals surface area contributed by atoms with E-state index in [2.05, 4.69) is 5.32 Å². The van der Waals surface area contributed by atoms with Crippen molar-refractivity contribution in [3.8, 4) is 5.75 Å². The molecule has 2 aromatic carbocycles. The van der Waals surface area contributed by atoms with Crippen LogP contribution in [0.1, 0.15) is 15.9 Å². The van der Waals surface area contributed by atoms with Gasteiger partial charge in [-0.25, -0.2) is 4.79 Å². The Hall–Kier alpha value is -3.62. The molecule has 0 aliphatic rings. The third-order valence-electron chi connectivity index (χ3n) is 3.86. The largest absolute Gasteiger partial charge is 0.484 e. The number of carbonyl (C=O) groups excluding carboxylic acids is 2. The molecule has 1 amide bonds. The van der Waals surface area contributed by atoms with E-state index in [1.165, 1.54) is 30.2 Å². The quantitative estimate of drug-likeness (QED) is 0.421. The molecule has 0 atom stereocenters. The van der Waals surface area contributed by atoms with Gasteiger partial charge in [0.05, 0.1) is 17.6 Å². The highest BCUT2D eigenvalue weighted by Gasteiger charge is 2.17. The number of carbonyl (C=O) groups is 2. The lowest BCUT2D eigenvalue weighted by molar-refractivity contribution is -0.384. The molecular formula is C19H21N3O6. The van der Waals surface area contributed by atoms with Gasteiger partial charge in [-0.3, -0.25) is 14.9 Å². The number of anilines is 1. The lowest BCUT2D eigenvalue weighted by atomic mass is 10.1. The normalized spacial score (nSPS) is 10.1. The van der Waals surface area contributed by atoms with E-state index in [1.807, 2.05) is 6.07 Å². The first-order valence-electron chi connectivity index (χ1n) is 8.34. The monoisotopic (exact) mass is 387 g/mol. The van der Waals surface area contributed by atoms with Crippen LogP contribution in [0.5, 0.6) is 5.75 Å². The smallest absolute Gasteiger partial charge is 0.340 e. The summed E-state index contributed by atoms with van der Waals surface area (Å²) in [4.78, 5) is 35.3. The van der Waals surface area contributed by atoms with Gasteiger partial charge >= 0.3 is 5.97 Å². The third kappa shape index (κ3) is 5.44. The van der Waals surface area contributed by atoms with Crippen molar-refractivity contribution in [1.29, 1.82) is 0 Å². The van der Waals surface area contributed by atoms with E-state index in [0.717, 1.165) is 5.56 Å². The number of non-ortho nitro benzene ring substituents is 1. The number of likely N-dealkylation sites (N-methyl/N-ethyl adjacent to an activating group) is 1. The van der Waals surface area contributed by atoms with Crippen LogP contribution < -0.4 is 10.1 Å². The minimum atomic E-state index is -0.675. The van der Waals surface area contributed by atoms with E-state index in [-0.39, 0.29) is 23.8 Å². The lowest BCUT2D eigenvalue weighted by Gasteiger charge is -2.13. The topological polar surface area (TPSA) is 111 Å². The van der Waals surface area contributed by atoms with Crippen LogP contribution in [0.4, 0.5) is 11.4 Å². The minimum absolute atomic E-state index is 0.0701. The van der Waals surface area contributed by atoms with Crippen LogP contribution in [0.15, 0.2) is 42.5 Å². The Morgan fingerprint density at radius 2 is 1.93 bits per heavy atom. The van der Waals surface area contributed by atoms with E-state index in [9.17, 15) is 19.7 Å². The molecular weight excluding hydrogens is 366 g/mol. The first kappa shape index (κ1) is 20.7. The van der Waals surface area contributed by atoms with Crippen molar-refractivity contribution in [3.63, 3.8) is 0 Å². The number of esters is 1. The predicted molar refractivity (Wildman–Crippen MR) is 102 cm³/mol. The molecule has 0 bridgehead atoms. The zero-order valence-electron chi connectivity index (χ0n) is 15.8. The molecule has 148 valence electrons. The number of methoxy groups -OCH3 is 1. The number of ether oxygens (including phenoxy) is 2. The number of nitro benzene ring substituents is 1. The molecule has 0 aliphatic carbocycles. The Bertz CT molecular complexity index is 882. The van der Waals surface area contributed by atoms with Crippen molar-refractivity contribution in [3.05, 3.63) is 63.7 Å². The average Bonchev–Trinajstić information content (AvgIpc) is 2.69. The van der Waals surface area contributed by atoms with Gasteiger partial charge in [0, 0.05) is 38.5 Å². The van der Waals surface area contributed by atoms with Gasteiger partial charge in [0.1, 0.15) is 5.75 Å². The van der Waals surface area contributed by atoms with Crippen molar-refractivity contribution < 1.29 is 24.0 Å². The molecule has 1 N–H and O–H groups in total. The van der Waals surface area contributed by atoms with Gasteiger partial charge in [0.2, 0.25) is 0 Å². The van der Waals surface area contributed by atoms with Gasteiger partial charge in [-0.1, -0.05) is 12.1 Å². The number of nitro groups is 1. The fraction of sp³-hybridized carbons (Fsp3) is 0.263. The Morgan fingerprint density at radius 1 is 1.18 bits per heavy atom. The summed E-state index contributed by atoms with van der Waals surface area (Å²) in [6.07, 6.45) is 0. The molecule has 0 fully saturated rings. The van der Waals surface area contributed by atoms with Crippen molar-refractivity contribution in [2.45, 2.75) is 6.54 Å². The summed E-state index contributed by atoms with van der Waals surface area (Å²) in [7, 11) is 4.50. The van der Waals surface area contributed by atoms with Gasteiger partial charge in [-0.05, 0) is 23.8 Å². The molecule has 0 aromatic heterocycles. The average molecular weight is 387 g/mol. The van der Waals surface area contributed by atoms with E-state index in [1.54, 1.807) is 32.3 Å². The highest BCUT2D eigenvalue weighted by molar-refractivity contribution is 5.96. The second-order valence-electron chi connectivity index (χ2n) is 6.06. The number of nitrogens with one attached hydrogen (secondary N) is 1. The summed E-state index contributed by atoms with van der Waals surface area (Å²) in [6, 6.07) is 11.1. The number of hydrogen-bond donors (Lipinski definition) is 1. The fourth-order valence-electron chi connectivity index (χ4n) is 2.30. The molecule has 0 heterocycles. The maximum absolute atomic E-state index is 11.9. The number of rotatable bonds is 8. The van der Waals surface area contributed by atoms with E-state index >= 15 is 0 Å². The molecule has 9 heteroatoms. The molecule has 0 radical (unpaired) electrons. The van der Waals surface area contributed by atoms with Crippen LogP contribution >= 0.6 is 0 Å². The standard InChI is InChI=1S/C19H21N3O6/c1-21(2)18(23)12-28-15-6-4-5-13(9-15)11-20-17-8-7-14(22(25)26)10-16(17)19(24)27-3/h4-10,20H,11-12H2,1-3H3. The summed E-state index contributed by atoms with van der Waals surface area (Å²) in [5, 5.41) is 14.0. The second-order valence-corrected chi connectivity index (χ2v) is 6.06. The Kier molecular flexibility index (Phi) is 6.91. The van der Waals surface area contributed by atoms with Crippen LogP contribution in [0.25, 0.3) is 0 Å². The summed E-state index contributed by atoms with van der Waals surface area (Å²) in [5.74, 6) is -0.297. The number of nitrogens with zero attached hydrogens (tertiary/aromatic N) is 2. The zero-order valence-corrected chi connectivity index (χ0v) is 15.8. The van der Waals surface area contributed by atoms with Crippen molar-refractivity contribution >= 4 is 23.3 Å². The van der Waals surface area contributed by atoms with Crippen LogP contribution in [-0.4, -0.2) is 49.5 Å². The highest BCUT2D eigenvalue weighted by atomic mass is 16.6. The molecule has 0 saturated carbocycles.